The van der Waals surface area contributed by atoms with Gasteiger partial charge in [-0.05, 0) is 34.1 Å². The molecule has 0 radical (unpaired) electrons. The second kappa shape index (κ2) is 7.58. The first-order valence-corrected chi connectivity index (χ1v) is 7.46. The molecular weight excluding hydrogens is 286 g/mol. The molecular formula is C15H27N3O4. The van der Waals surface area contributed by atoms with Gasteiger partial charge < -0.3 is 14.4 Å². The molecule has 1 aliphatic rings. The summed E-state index contributed by atoms with van der Waals surface area (Å²) < 4.78 is 10.4. The van der Waals surface area contributed by atoms with E-state index in [-0.39, 0.29) is 25.0 Å². The first-order valence-electron chi connectivity index (χ1n) is 7.46. The lowest BCUT2D eigenvalue weighted by molar-refractivity contribution is -0.128. The van der Waals surface area contributed by atoms with Crippen molar-refractivity contribution in [2.24, 2.45) is 5.10 Å². The maximum Gasteiger partial charge on any atom is 0.410 e. The molecule has 0 saturated heterocycles. The number of carbonyl (C=O) groups is 2. The van der Waals surface area contributed by atoms with Gasteiger partial charge in [0.1, 0.15) is 5.60 Å². The Bertz CT molecular complexity index is 443. The van der Waals surface area contributed by atoms with Crippen molar-refractivity contribution in [3.05, 3.63) is 0 Å². The van der Waals surface area contributed by atoms with Crippen molar-refractivity contribution in [3.8, 4) is 0 Å². The Morgan fingerprint density at radius 2 is 2.09 bits per heavy atom. The molecule has 2 amide bonds. The van der Waals surface area contributed by atoms with Crippen LogP contribution >= 0.6 is 0 Å². The van der Waals surface area contributed by atoms with E-state index >= 15 is 0 Å². The third-order valence-corrected chi connectivity index (χ3v) is 3.18. The zero-order valence-electron chi connectivity index (χ0n) is 14.4. The van der Waals surface area contributed by atoms with Crippen LogP contribution in [0.4, 0.5) is 4.79 Å². The van der Waals surface area contributed by atoms with Gasteiger partial charge in [0.25, 0.3) is 0 Å². The summed E-state index contributed by atoms with van der Waals surface area (Å²) in [4.78, 5) is 25.2. The van der Waals surface area contributed by atoms with Crippen molar-refractivity contribution in [3.63, 3.8) is 0 Å². The van der Waals surface area contributed by atoms with Gasteiger partial charge in [-0.15, -0.1) is 0 Å². The molecule has 1 heterocycles. The normalized spacial score (nSPS) is 16.5. The second-order valence-corrected chi connectivity index (χ2v) is 6.53. The van der Waals surface area contributed by atoms with Gasteiger partial charge in [0, 0.05) is 20.7 Å². The highest BCUT2D eigenvalue weighted by molar-refractivity contribution is 6.06. The molecule has 0 saturated carbocycles. The van der Waals surface area contributed by atoms with Crippen LogP contribution in [0.5, 0.6) is 0 Å². The maximum atomic E-state index is 11.9. The summed E-state index contributed by atoms with van der Waals surface area (Å²) in [5.41, 5.74) is 0.129. The molecule has 7 nitrogen and oxygen atoms in total. The Hall–Kier alpha value is -1.63. The molecule has 1 aliphatic heterocycles. The molecule has 0 aliphatic carbocycles. The van der Waals surface area contributed by atoms with Crippen LogP contribution in [0.2, 0.25) is 0 Å². The zero-order chi connectivity index (χ0) is 16.9. The second-order valence-electron chi connectivity index (χ2n) is 6.53. The van der Waals surface area contributed by atoms with Gasteiger partial charge in [-0.3, -0.25) is 4.79 Å². The van der Waals surface area contributed by atoms with E-state index in [0.717, 1.165) is 6.42 Å². The molecule has 0 bridgehead atoms. The molecule has 7 heteroatoms. The van der Waals surface area contributed by atoms with Crippen LogP contribution in [0.3, 0.4) is 0 Å². The largest absolute Gasteiger partial charge is 0.444 e. The molecule has 0 aromatic heterocycles. The van der Waals surface area contributed by atoms with Crippen LogP contribution in [0, 0.1) is 0 Å². The average molecular weight is 313 g/mol. The predicted molar refractivity (Wildman–Crippen MR) is 83.7 cm³/mol. The number of hydrogen-bond donors (Lipinski definition) is 0. The lowest BCUT2D eigenvalue weighted by Gasteiger charge is -2.24. The van der Waals surface area contributed by atoms with Crippen molar-refractivity contribution in [1.82, 2.24) is 9.91 Å². The number of rotatable bonds is 6. The van der Waals surface area contributed by atoms with E-state index < -0.39 is 11.7 Å². The summed E-state index contributed by atoms with van der Waals surface area (Å²) in [6.45, 7) is 8.20. The number of amides is 2. The van der Waals surface area contributed by atoms with E-state index in [0.29, 0.717) is 12.3 Å². The van der Waals surface area contributed by atoms with Crippen LogP contribution in [0.1, 0.15) is 40.5 Å². The van der Waals surface area contributed by atoms with Crippen LogP contribution in [0.25, 0.3) is 0 Å². The fraction of sp³-hybridized carbons (Fsp3) is 0.800. The molecule has 1 rings (SSSR count). The minimum Gasteiger partial charge on any atom is -0.444 e. The van der Waals surface area contributed by atoms with E-state index in [2.05, 4.69) is 5.10 Å². The van der Waals surface area contributed by atoms with Gasteiger partial charge in [0.2, 0.25) is 5.91 Å². The Morgan fingerprint density at radius 3 is 2.64 bits per heavy atom. The summed E-state index contributed by atoms with van der Waals surface area (Å²) >= 11 is 0. The summed E-state index contributed by atoms with van der Waals surface area (Å²) in [5, 5.41) is 5.74. The van der Waals surface area contributed by atoms with E-state index in [1.54, 1.807) is 14.2 Å². The SMILES string of the molecule is COC(C)CCN1N=C(CN(C)C(=O)OC(C)(C)C)CC1=O. The van der Waals surface area contributed by atoms with Gasteiger partial charge in [-0.2, -0.15) is 5.10 Å². The monoisotopic (exact) mass is 313 g/mol. The average Bonchev–Trinajstić information content (AvgIpc) is 2.74. The number of ether oxygens (including phenoxy) is 2. The molecule has 0 spiro atoms. The summed E-state index contributed by atoms with van der Waals surface area (Å²) in [6, 6.07) is 0. The van der Waals surface area contributed by atoms with Gasteiger partial charge >= 0.3 is 6.09 Å². The summed E-state index contributed by atoms with van der Waals surface area (Å²) in [7, 11) is 3.28. The molecule has 0 aromatic carbocycles. The number of hydrazone groups is 1. The van der Waals surface area contributed by atoms with E-state index in [9.17, 15) is 9.59 Å². The quantitative estimate of drug-likeness (QED) is 0.750. The van der Waals surface area contributed by atoms with Crippen molar-refractivity contribution in [1.29, 1.82) is 0 Å². The molecule has 0 N–H and O–H groups in total. The Balaban J connectivity index is 2.52. The van der Waals surface area contributed by atoms with Crippen LogP contribution in [0.15, 0.2) is 5.10 Å². The van der Waals surface area contributed by atoms with Crippen molar-refractivity contribution in [2.45, 2.75) is 52.2 Å². The first-order chi connectivity index (χ1) is 10.1. The summed E-state index contributed by atoms with van der Waals surface area (Å²) in [5.74, 6) is -0.0455. The molecule has 0 aromatic rings. The van der Waals surface area contributed by atoms with Gasteiger partial charge in [0.15, 0.2) is 0 Å². The highest BCUT2D eigenvalue weighted by Crippen LogP contribution is 2.13. The third kappa shape index (κ3) is 6.01. The Morgan fingerprint density at radius 1 is 1.45 bits per heavy atom. The number of methoxy groups -OCH3 is 1. The number of hydrogen-bond acceptors (Lipinski definition) is 5. The van der Waals surface area contributed by atoms with Crippen molar-refractivity contribution >= 4 is 17.7 Å². The maximum absolute atomic E-state index is 11.9. The minimum atomic E-state index is -0.541. The lowest BCUT2D eigenvalue weighted by Crippen LogP contribution is -2.37. The number of nitrogens with zero attached hydrogens (tertiary/aromatic N) is 3. The third-order valence-electron chi connectivity index (χ3n) is 3.18. The van der Waals surface area contributed by atoms with Crippen molar-refractivity contribution in [2.75, 3.05) is 27.2 Å². The van der Waals surface area contributed by atoms with E-state index in [1.165, 1.54) is 9.91 Å². The molecule has 1 atom stereocenters. The van der Waals surface area contributed by atoms with Crippen LogP contribution < -0.4 is 0 Å². The highest BCUT2D eigenvalue weighted by atomic mass is 16.6. The lowest BCUT2D eigenvalue weighted by atomic mass is 10.2. The first kappa shape index (κ1) is 18.4. The fourth-order valence-electron chi connectivity index (χ4n) is 1.89. The molecule has 22 heavy (non-hydrogen) atoms. The molecule has 126 valence electrons. The van der Waals surface area contributed by atoms with E-state index in [1.807, 2.05) is 27.7 Å². The minimum absolute atomic E-state index is 0.0455. The van der Waals surface area contributed by atoms with Crippen LogP contribution in [-0.2, 0) is 14.3 Å². The molecule has 1 unspecified atom stereocenters. The van der Waals surface area contributed by atoms with Gasteiger partial charge in [-0.1, -0.05) is 0 Å². The van der Waals surface area contributed by atoms with Gasteiger partial charge in [0.05, 0.1) is 24.8 Å². The van der Waals surface area contributed by atoms with Crippen LogP contribution in [-0.4, -0.2) is 66.6 Å². The topological polar surface area (TPSA) is 71.4 Å². The standard InChI is InChI=1S/C15H27N3O4/c1-11(21-6)7-8-18-13(19)9-12(16-18)10-17(5)14(20)22-15(2,3)4/h11H,7-10H2,1-6H3. The zero-order valence-corrected chi connectivity index (χ0v) is 14.4. The smallest absolute Gasteiger partial charge is 0.410 e. The summed E-state index contributed by atoms with van der Waals surface area (Å²) in [6.07, 6.45) is 0.626. The fourth-order valence-corrected chi connectivity index (χ4v) is 1.89. The Labute approximate surface area is 132 Å². The van der Waals surface area contributed by atoms with Gasteiger partial charge in [-0.25, -0.2) is 9.80 Å². The number of carbonyl (C=O) groups excluding carboxylic acids is 2. The van der Waals surface area contributed by atoms with E-state index in [4.69, 9.17) is 9.47 Å². The molecule has 0 fully saturated rings. The highest BCUT2D eigenvalue weighted by Gasteiger charge is 2.27. The van der Waals surface area contributed by atoms with Crippen molar-refractivity contribution < 1.29 is 19.1 Å². The Kier molecular flexibility index (Phi) is 6.34. The predicted octanol–water partition coefficient (Wildman–Crippen LogP) is 1.87.